The van der Waals surface area contributed by atoms with Gasteiger partial charge in [0, 0.05) is 29.8 Å². The van der Waals surface area contributed by atoms with Crippen LogP contribution in [0.2, 0.25) is 0 Å². The SMILES string of the molecule is Cc1ccc(-c2ccccc2)cc1.Cc1ccccc1.Cc1cccs1.O=C1CCC(=O)Nc2ccc(cc2)C[C@@H](C(=O)O)NC(=O)CNC(=O)CNC(=O)CN1. The molecule has 5 amide bonds. The highest BCUT2D eigenvalue weighted by atomic mass is 32.1. The number of carbonyl (C=O) groups excluding carboxylic acids is 5. The molecule has 57 heavy (non-hydrogen) atoms. The zero-order valence-corrected chi connectivity index (χ0v) is 33.1. The Morgan fingerprint density at radius 1 is 0.561 bits per heavy atom. The van der Waals surface area contributed by atoms with Gasteiger partial charge >= 0.3 is 5.97 Å². The highest BCUT2D eigenvalue weighted by Crippen LogP contribution is 2.18. The molecule has 0 unspecified atom stereocenters. The number of hydrogen-bond acceptors (Lipinski definition) is 7. The van der Waals surface area contributed by atoms with Crippen molar-refractivity contribution in [1.29, 1.82) is 0 Å². The van der Waals surface area contributed by atoms with Crippen molar-refractivity contribution in [3.63, 3.8) is 0 Å². The summed E-state index contributed by atoms with van der Waals surface area (Å²) in [5.41, 5.74) is 6.25. The molecule has 2 aliphatic rings. The minimum Gasteiger partial charge on any atom is -0.480 e. The van der Waals surface area contributed by atoms with Gasteiger partial charge in [0.25, 0.3) is 0 Å². The lowest BCUT2D eigenvalue weighted by atomic mass is 10.0. The van der Waals surface area contributed by atoms with Gasteiger partial charge in [-0.15, -0.1) is 11.3 Å². The van der Waals surface area contributed by atoms with E-state index >= 15 is 0 Å². The van der Waals surface area contributed by atoms with Crippen molar-refractivity contribution in [2.24, 2.45) is 0 Å². The van der Waals surface area contributed by atoms with Crippen molar-refractivity contribution in [3.05, 3.63) is 148 Å². The number of rotatable bonds is 2. The molecule has 3 heterocycles. The van der Waals surface area contributed by atoms with Gasteiger partial charge in [0.05, 0.1) is 19.6 Å². The van der Waals surface area contributed by atoms with E-state index < -0.39 is 54.6 Å². The molecule has 4 aromatic carbocycles. The van der Waals surface area contributed by atoms with Crippen LogP contribution in [0.25, 0.3) is 11.1 Å². The number of aryl methyl sites for hydroxylation is 3. The molecule has 5 aromatic rings. The maximum atomic E-state index is 12.0. The summed E-state index contributed by atoms with van der Waals surface area (Å²) in [5, 5.41) is 23.2. The molecule has 6 N–H and O–H groups in total. The number of nitrogens with one attached hydrogen (secondary N) is 5. The standard InChI is InChI=1S/C19H23N5O7.C13H12.C7H8.C5H6S/c25-14-5-6-15(26)23-12-3-1-11(2-4-12)7-13(19(30)31)24-18(29)10-22-17(28)9-21-16(27)8-20-14;1-11-7-9-13(10-8-11)12-5-3-2-4-6-12;1-7-5-3-2-4-6-7;1-5-3-2-4-6-5/h1-4,13H,5-10H2,(H,20,25)(H,21,27)(H,22,28)(H,23,26)(H,24,29)(H,30,31);2-10H,1H3;2-6H,1H3;2-4H,1H3/t13-;;;/m0.../s1. The zero-order chi connectivity index (χ0) is 41.4. The Morgan fingerprint density at radius 2 is 1.07 bits per heavy atom. The number of amides is 5. The van der Waals surface area contributed by atoms with Crippen LogP contribution >= 0.6 is 11.3 Å². The van der Waals surface area contributed by atoms with Crippen molar-refractivity contribution in [3.8, 4) is 11.1 Å². The fourth-order valence-corrected chi connectivity index (χ4v) is 5.41. The number of thiophene rings is 1. The molecule has 2 aliphatic heterocycles. The molecule has 2 bridgehead atoms. The lowest BCUT2D eigenvalue weighted by Gasteiger charge is -2.15. The average molecular weight is 792 g/mol. The summed E-state index contributed by atoms with van der Waals surface area (Å²) in [6, 6.07) is 38.6. The maximum absolute atomic E-state index is 12.0. The Kier molecular flexibility index (Phi) is 19.4. The van der Waals surface area contributed by atoms with Gasteiger partial charge in [-0.05, 0) is 61.0 Å². The maximum Gasteiger partial charge on any atom is 0.326 e. The predicted octanol–water partition coefficient (Wildman–Crippen LogP) is 5.59. The summed E-state index contributed by atoms with van der Waals surface area (Å²) in [6.45, 7) is 5.01. The highest BCUT2D eigenvalue weighted by molar-refractivity contribution is 7.09. The van der Waals surface area contributed by atoms with E-state index in [1.54, 1.807) is 35.6 Å². The first-order valence-corrected chi connectivity index (χ1v) is 19.1. The Labute approximate surface area is 337 Å². The molecule has 0 spiro atoms. The van der Waals surface area contributed by atoms with E-state index in [0.29, 0.717) is 11.3 Å². The van der Waals surface area contributed by atoms with Crippen molar-refractivity contribution in [2.45, 2.75) is 46.1 Å². The van der Waals surface area contributed by atoms with Crippen LogP contribution in [0.4, 0.5) is 5.69 Å². The third kappa shape index (κ3) is 19.0. The number of anilines is 1. The van der Waals surface area contributed by atoms with E-state index in [0.717, 1.165) is 0 Å². The molecule has 0 saturated carbocycles. The number of carboxylic acid groups (broad SMARTS) is 1. The Hall–Kier alpha value is -6.60. The summed E-state index contributed by atoms with van der Waals surface area (Å²) >= 11 is 1.78. The van der Waals surface area contributed by atoms with E-state index in [9.17, 15) is 33.9 Å². The predicted molar refractivity (Wildman–Crippen MR) is 223 cm³/mol. The molecule has 0 aliphatic carbocycles. The van der Waals surface area contributed by atoms with Gasteiger partial charge in [-0.25, -0.2) is 4.79 Å². The summed E-state index contributed by atoms with van der Waals surface area (Å²) in [7, 11) is 0. The molecular formula is C44H49N5O7S. The first kappa shape index (κ1) is 44.8. The van der Waals surface area contributed by atoms with Crippen molar-refractivity contribution >= 4 is 52.5 Å². The van der Waals surface area contributed by atoms with E-state index in [2.05, 4.69) is 126 Å². The number of benzene rings is 4. The lowest BCUT2D eigenvalue weighted by molar-refractivity contribution is -0.141. The van der Waals surface area contributed by atoms with Gasteiger partial charge in [-0.3, -0.25) is 24.0 Å². The number of fused-ring (bicyclic) bond motifs is 18. The van der Waals surface area contributed by atoms with Gasteiger partial charge < -0.3 is 31.7 Å². The Balaban J connectivity index is 0.000000266. The number of aliphatic carboxylic acids is 1. The van der Waals surface area contributed by atoms with Gasteiger partial charge in [0.15, 0.2) is 0 Å². The van der Waals surface area contributed by atoms with Crippen LogP contribution in [0.1, 0.15) is 34.4 Å². The first-order chi connectivity index (χ1) is 27.4. The van der Waals surface area contributed by atoms with Crippen LogP contribution in [-0.2, 0) is 35.2 Å². The first-order valence-electron chi connectivity index (χ1n) is 18.2. The van der Waals surface area contributed by atoms with Crippen molar-refractivity contribution in [1.82, 2.24) is 21.3 Å². The van der Waals surface area contributed by atoms with Crippen molar-refractivity contribution in [2.75, 3.05) is 25.0 Å². The fraction of sp³-hybridized carbons (Fsp3) is 0.227. The second-order valence-corrected chi connectivity index (χ2v) is 14.0. The molecule has 0 radical (unpaired) electrons. The van der Waals surface area contributed by atoms with Crippen LogP contribution in [0.5, 0.6) is 0 Å². The van der Waals surface area contributed by atoms with E-state index in [4.69, 9.17) is 0 Å². The Bertz CT molecular complexity index is 2010. The van der Waals surface area contributed by atoms with Crippen LogP contribution in [0.15, 0.2) is 127 Å². The summed E-state index contributed by atoms with van der Waals surface area (Å²) in [4.78, 5) is 72.0. The molecule has 298 valence electrons. The molecular weight excluding hydrogens is 743 g/mol. The molecule has 1 aromatic heterocycles. The molecule has 0 saturated heterocycles. The summed E-state index contributed by atoms with van der Waals surface area (Å²) < 4.78 is 0. The molecule has 7 rings (SSSR count). The molecule has 12 nitrogen and oxygen atoms in total. The number of carbonyl (C=O) groups is 6. The molecule has 1 atom stereocenters. The topological polar surface area (TPSA) is 183 Å². The van der Waals surface area contributed by atoms with Gasteiger partial charge in [-0.2, -0.15) is 0 Å². The second-order valence-electron chi connectivity index (χ2n) is 12.8. The van der Waals surface area contributed by atoms with E-state index in [-0.39, 0.29) is 25.8 Å². The van der Waals surface area contributed by atoms with Crippen LogP contribution < -0.4 is 26.6 Å². The van der Waals surface area contributed by atoms with E-state index in [1.807, 2.05) is 24.3 Å². The highest BCUT2D eigenvalue weighted by Gasteiger charge is 2.21. The Morgan fingerprint density at radius 3 is 1.56 bits per heavy atom. The lowest BCUT2D eigenvalue weighted by Crippen LogP contribution is -2.48. The largest absolute Gasteiger partial charge is 0.480 e. The number of hydrogen-bond donors (Lipinski definition) is 6. The molecule has 0 fully saturated rings. The van der Waals surface area contributed by atoms with Crippen LogP contribution in [0.3, 0.4) is 0 Å². The van der Waals surface area contributed by atoms with Crippen LogP contribution in [-0.4, -0.2) is 66.3 Å². The second kappa shape index (κ2) is 24.7. The minimum absolute atomic E-state index is 0.0144. The van der Waals surface area contributed by atoms with Gasteiger partial charge in [0.1, 0.15) is 6.04 Å². The fourth-order valence-electron chi connectivity index (χ4n) is 4.88. The average Bonchev–Trinajstić information content (AvgIpc) is 3.70. The van der Waals surface area contributed by atoms with Gasteiger partial charge in [-0.1, -0.05) is 114 Å². The quantitative estimate of drug-likeness (QED) is 0.126. The number of carboxylic acids is 1. The summed E-state index contributed by atoms with van der Waals surface area (Å²) in [6.07, 6.45) is -0.254. The monoisotopic (exact) mass is 791 g/mol. The normalized spacial score (nSPS) is 15.0. The minimum atomic E-state index is -1.25. The smallest absolute Gasteiger partial charge is 0.326 e. The zero-order valence-electron chi connectivity index (χ0n) is 32.2. The molecule has 13 heteroatoms. The third-order valence-electron chi connectivity index (χ3n) is 7.99. The summed E-state index contributed by atoms with van der Waals surface area (Å²) in [5.74, 6) is -4.18. The van der Waals surface area contributed by atoms with E-state index in [1.165, 1.54) is 27.1 Å². The van der Waals surface area contributed by atoms with Crippen molar-refractivity contribution < 1.29 is 33.9 Å². The van der Waals surface area contributed by atoms with Crippen LogP contribution in [0, 0.1) is 20.8 Å². The van der Waals surface area contributed by atoms with Gasteiger partial charge in [0.2, 0.25) is 29.5 Å². The third-order valence-corrected chi connectivity index (χ3v) is 8.79.